The van der Waals surface area contributed by atoms with Gasteiger partial charge in [-0.3, -0.25) is 4.90 Å². The first-order chi connectivity index (χ1) is 9.37. The van der Waals surface area contributed by atoms with Crippen LogP contribution in [0.4, 0.5) is 13.2 Å². The summed E-state index contributed by atoms with van der Waals surface area (Å²) in [6, 6.07) is 3.00. The van der Waals surface area contributed by atoms with Gasteiger partial charge in [-0.2, -0.15) is 13.2 Å². The third-order valence-electron chi connectivity index (χ3n) is 3.40. The molecule has 0 aromatic heterocycles. The van der Waals surface area contributed by atoms with E-state index < -0.39 is 24.4 Å². The predicted octanol–water partition coefficient (Wildman–Crippen LogP) is 2.84. The van der Waals surface area contributed by atoms with E-state index >= 15 is 0 Å². The Morgan fingerprint density at radius 3 is 2.18 bits per heavy atom. The molecule has 0 spiro atoms. The highest BCUT2D eigenvalue weighted by Crippen LogP contribution is 2.37. The van der Waals surface area contributed by atoms with Crippen molar-refractivity contribution in [2.24, 2.45) is 0 Å². The Bertz CT molecular complexity index is 469. The highest BCUT2D eigenvalue weighted by atomic mass is 35.5. The third kappa shape index (κ3) is 5.72. The second kappa shape index (κ2) is 8.67. The summed E-state index contributed by atoms with van der Waals surface area (Å²) in [5.41, 5.74) is 0.361. The second-order valence-electron chi connectivity index (χ2n) is 4.87. The number of halogens is 5. The van der Waals surface area contributed by atoms with Crippen molar-refractivity contribution in [1.29, 1.82) is 0 Å². The molecule has 0 radical (unpaired) electrons. The fourth-order valence-corrected chi connectivity index (χ4v) is 2.42. The molecule has 1 heterocycles. The summed E-state index contributed by atoms with van der Waals surface area (Å²) in [6.45, 7) is 2.31. The predicted molar refractivity (Wildman–Crippen MR) is 82.1 cm³/mol. The van der Waals surface area contributed by atoms with Crippen LogP contribution in [0.25, 0.3) is 0 Å². The average molecular weight is 363 g/mol. The Kier molecular flexibility index (Phi) is 8.32. The van der Waals surface area contributed by atoms with Crippen molar-refractivity contribution in [3.63, 3.8) is 0 Å². The molecule has 9 heteroatoms. The Hall–Kier alpha value is -0.890. The lowest BCUT2D eigenvalue weighted by molar-refractivity contribution is -0.148. The zero-order chi connectivity index (χ0) is 14.8. The van der Waals surface area contributed by atoms with Crippen LogP contribution in [0.3, 0.4) is 0 Å². The zero-order valence-corrected chi connectivity index (χ0v) is 13.3. The lowest BCUT2D eigenvalue weighted by Gasteiger charge is -2.35. The molecular formula is C13H19Cl2F3N2O2. The molecule has 2 rings (SSSR count). The lowest BCUT2D eigenvalue weighted by Crippen LogP contribution is -2.46. The number of phenolic OH excluding ortho intramolecular Hbond substituents is 2. The van der Waals surface area contributed by atoms with E-state index in [0.29, 0.717) is 31.7 Å². The number of rotatable bonds is 3. The van der Waals surface area contributed by atoms with E-state index in [-0.39, 0.29) is 30.6 Å². The molecule has 1 aromatic rings. The number of aromatic hydroxyl groups is 2. The van der Waals surface area contributed by atoms with Crippen LogP contribution in [-0.4, -0.2) is 47.5 Å². The van der Waals surface area contributed by atoms with Crippen LogP contribution in [-0.2, 0) is 0 Å². The molecule has 0 amide bonds. The van der Waals surface area contributed by atoms with Gasteiger partial charge in [-0.25, -0.2) is 0 Å². The van der Waals surface area contributed by atoms with E-state index in [0.717, 1.165) is 0 Å². The van der Waals surface area contributed by atoms with Gasteiger partial charge in [0.1, 0.15) is 0 Å². The van der Waals surface area contributed by atoms with Crippen molar-refractivity contribution < 1.29 is 23.4 Å². The van der Waals surface area contributed by atoms with Gasteiger partial charge in [0.2, 0.25) is 0 Å². The first kappa shape index (κ1) is 21.1. The van der Waals surface area contributed by atoms with Crippen LogP contribution in [0, 0.1) is 0 Å². The summed E-state index contributed by atoms with van der Waals surface area (Å²) in [7, 11) is 0. The molecule has 1 fully saturated rings. The maximum Gasteiger partial charge on any atom is 0.390 e. The number of nitrogens with zero attached hydrogens (tertiary/aromatic N) is 1. The molecule has 1 saturated heterocycles. The quantitative estimate of drug-likeness (QED) is 0.723. The van der Waals surface area contributed by atoms with E-state index in [1.54, 1.807) is 4.90 Å². The summed E-state index contributed by atoms with van der Waals surface area (Å²) in [4.78, 5) is 1.75. The van der Waals surface area contributed by atoms with Crippen molar-refractivity contribution in [2.75, 3.05) is 26.2 Å². The molecule has 1 aliphatic rings. The van der Waals surface area contributed by atoms with Crippen LogP contribution < -0.4 is 5.32 Å². The third-order valence-corrected chi connectivity index (χ3v) is 3.40. The Labute approximate surface area is 139 Å². The van der Waals surface area contributed by atoms with Crippen LogP contribution in [0.5, 0.6) is 11.5 Å². The number of nitrogens with one attached hydrogen (secondary N) is 1. The fourth-order valence-electron chi connectivity index (χ4n) is 2.42. The van der Waals surface area contributed by atoms with E-state index in [4.69, 9.17) is 0 Å². The second-order valence-corrected chi connectivity index (χ2v) is 4.87. The maximum absolute atomic E-state index is 12.8. The van der Waals surface area contributed by atoms with Gasteiger partial charge in [0, 0.05) is 32.2 Å². The lowest BCUT2D eigenvalue weighted by atomic mass is 10.00. The number of piperazine rings is 1. The number of benzene rings is 1. The molecule has 1 aliphatic heterocycles. The minimum Gasteiger partial charge on any atom is -0.504 e. The Morgan fingerprint density at radius 2 is 1.68 bits per heavy atom. The minimum atomic E-state index is -4.29. The van der Waals surface area contributed by atoms with Gasteiger partial charge in [0.15, 0.2) is 11.5 Å². The van der Waals surface area contributed by atoms with Crippen molar-refractivity contribution in [2.45, 2.75) is 18.6 Å². The smallest absolute Gasteiger partial charge is 0.390 e. The highest BCUT2D eigenvalue weighted by molar-refractivity contribution is 5.85. The van der Waals surface area contributed by atoms with E-state index in [9.17, 15) is 23.4 Å². The zero-order valence-electron chi connectivity index (χ0n) is 11.6. The van der Waals surface area contributed by atoms with Crippen molar-refractivity contribution >= 4 is 24.8 Å². The molecule has 0 aliphatic carbocycles. The monoisotopic (exact) mass is 362 g/mol. The van der Waals surface area contributed by atoms with Crippen LogP contribution >= 0.6 is 24.8 Å². The van der Waals surface area contributed by atoms with Gasteiger partial charge in [-0.05, 0) is 17.7 Å². The molecule has 3 N–H and O–H groups in total. The van der Waals surface area contributed by atoms with Crippen LogP contribution in [0.15, 0.2) is 18.2 Å². The SMILES string of the molecule is Cl.Cl.Oc1ccc([C@@H](CC(F)(F)F)N2CCNCC2)cc1O. The van der Waals surface area contributed by atoms with E-state index in [1.165, 1.54) is 18.2 Å². The van der Waals surface area contributed by atoms with Gasteiger partial charge in [-0.1, -0.05) is 6.07 Å². The number of phenols is 2. The van der Waals surface area contributed by atoms with Gasteiger partial charge in [-0.15, -0.1) is 24.8 Å². The molecular weight excluding hydrogens is 344 g/mol. The minimum absolute atomic E-state index is 0. The summed E-state index contributed by atoms with van der Waals surface area (Å²) in [6.07, 6.45) is -5.26. The van der Waals surface area contributed by atoms with Crippen molar-refractivity contribution in [3.8, 4) is 11.5 Å². The molecule has 0 bridgehead atoms. The molecule has 0 unspecified atom stereocenters. The molecule has 1 atom stereocenters. The standard InChI is InChI=1S/C13H17F3N2O2.2ClH/c14-13(15,16)8-10(18-5-3-17-4-6-18)9-1-2-11(19)12(20)7-9;;/h1-2,7,10,17,19-20H,3-6,8H2;2*1H/t10-;;/m1../s1. The van der Waals surface area contributed by atoms with Crippen molar-refractivity contribution in [1.82, 2.24) is 10.2 Å². The Balaban J connectivity index is 0.00000220. The van der Waals surface area contributed by atoms with E-state index in [2.05, 4.69) is 5.32 Å². The maximum atomic E-state index is 12.8. The van der Waals surface area contributed by atoms with Gasteiger partial charge >= 0.3 is 6.18 Å². The van der Waals surface area contributed by atoms with Crippen molar-refractivity contribution in [3.05, 3.63) is 23.8 Å². The normalized spacial score (nSPS) is 17.2. The van der Waals surface area contributed by atoms with Gasteiger partial charge < -0.3 is 15.5 Å². The number of alkyl halides is 3. The summed E-state index contributed by atoms with van der Waals surface area (Å²) < 4.78 is 38.3. The first-order valence-corrected chi connectivity index (χ1v) is 6.40. The van der Waals surface area contributed by atoms with Crippen LogP contribution in [0.2, 0.25) is 0 Å². The Morgan fingerprint density at radius 1 is 1.09 bits per heavy atom. The average Bonchev–Trinajstić information content (AvgIpc) is 2.39. The fraction of sp³-hybridized carbons (Fsp3) is 0.538. The molecule has 1 aromatic carbocycles. The van der Waals surface area contributed by atoms with Crippen LogP contribution in [0.1, 0.15) is 18.0 Å². The topological polar surface area (TPSA) is 55.7 Å². The van der Waals surface area contributed by atoms with E-state index in [1.807, 2.05) is 0 Å². The molecule has 4 nitrogen and oxygen atoms in total. The summed E-state index contributed by atoms with van der Waals surface area (Å²) in [5, 5.41) is 21.8. The molecule has 0 saturated carbocycles. The molecule has 128 valence electrons. The summed E-state index contributed by atoms with van der Waals surface area (Å²) in [5.74, 6) is -0.732. The number of hydrogen-bond donors (Lipinski definition) is 3. The summed E-state index contributed by atoms with van der Waals surface area (Å²) >= 11 is 0. The van der Waals surface area contributed by atoms with Gasteiger partial charge in [0.05, 0.1) is 6.42 Å². The number of hydrogen-bond acceptors (Lipinski definition) is 4. The largest absolute Gasteiger partial charge is 0.504 e. The van der Waals surface area contributed by atoms with Gasteiger partial charge in [0.25, 0.3) is 0 Å². The highest BCUT2D eigenvalue weighted by Gasteiger charge is 2.36. The first-order valence-electron chi connectivity index (χ1n) is 6.40. The molecule has 22 heavy (non-hydrogen) atoms.